The van der Waals surface area contributed by atoms with Crippen LogP contribution in [0.1, 0.15) is 36.9 Å². The van der Waals surface area contributed by atoms with Crippen LogP contribution < -0.4 is 20.1 Å². The van der Waals surface area contributed by atoms with Crippen molar-refractivity contribution in [3.63, 3.8) is 0 Å². The number of amides is 1. The first-order chi connectivity index (χ1) is 16.0. The van der Waals surface area contributed by atoms with Gasteiger partial charge in [-0.1, -0.05) is 24.2 Å². The minimum Gasteiger partial charge on any atom is -0.508 e. The summed E-state index contributed by atoms with van der Waals surface area (Å²) < 4.78 is 10.8. The van der Waals surface area contributed by atoms with E-state index in [9.17, 15) is 9.90 Å². The number of hydrogen-bond donors (Lipinski definition) is 3. The van der Waals surface area contributed by atoms with Crippen LogP contribution in [-0.4, -0.2) is 30.2 Å². The van der Waals surface area contributed by atoms with E-state index in [-0.39, 0.29) is 17.6 Å². The van der Waals surface area contributed by atoms with Gasteiger partial charge in [-0.15, -0.1) is 0 Å². The Hall–Kier alpha value is -3.26. The Morgan fingerprint density at radius 3 is 2.67 bits per heavy atom. The van der Waals surface area contributed by atoms with Crippen molar-refractivity contribution < 1.29 is 19.4 Å². The summed E-state index contributed by atoms with van der Waals surface area (Å²) in [6.45, 7) is 2.34. The second kappa shape index (κ2) is 10.1. The van der Waals surface area contributed by atoms with Gasteiger partial charge >= 0.3 is 0 Å². The number of thiazole rings is 1. The molecule has 3 N–H and O–H groups in total. The van der Waals surface area contributed by atoms with Crippen LogP contribution in [0.25, 0.3) is 10.4 Å². The maximum atomic E-state index is 12.5. The number of nitrogens with zero attached hydrogens (tertiary/aromatic N) is 1. The summed E-state index contributed by atoms with van der Waals surface area (Å²) in [5, 5.41) is 17.2. The monoisotopic (exact) mass is 467 g/mol. The van der Waals surface area contributed by atoms with Gasteiger partial charge in [-0.05, 0) is 61.7 Å². The number of benzene rings is 2. The van der Waals surface area contributed by atoms with Gasteiger partial charge in [-0.25, -0.2) is 4.98 Å². The number of carbonyl (C=O) groups is 1. The Morgan fingerprint density at radius 1 is 1.15 bits per heavy atom. The standard InChI is InChI=1S/C25H29N3O4S/c1-15-23(33-25(27-15)28-24(30)16-6-4-5-7-16)17-8-11-22(32-3)20(13-17)26-14-18-12-19(31-2)9-10-21(18)29/h8-13,16,26,29H,4-7,14H2,1-3H3,(H,27,28,30). The van der Waals surface area contributed by atoms with E-state index < -0.39 is 0 Å². The third-order valence-corrected chi connectivity index (χ3v) is 7.09. The van der Waals surface area contributed by atoms with Gasteiger partial charge in [0.1, 0.15) is 17.2 Å². The molecule has 0 spiro atoms. The van der Waals surface area contributed by atoms with Gasteiger partial charge in [-0.2, -0.15) is 0 Å². The fraction of sp³-hybridized carbons (Fsp3) is 0.360. The molecule has 0 unspecified atom stereocenters. The first kappa shape index (κ1) is 22.9. The molecule has 1 aliphatic rings. The molecule has 174 valence electrons. The molecule has 4 rings (SSSR count). The summed E-state index contributed by atoms with van der Waals surface area (Å²) in [5.74, 6) is 1.74. The smallest absolute Gasteiger partial charge is 0.229 e. The van der Waals surface area contributed by atoms with Crippen LogP contribution in [0.3, 0.4) is 0 Å². The molecule has 3 aromatic rings. The lowest BCUT2D eigenvalue weighted by Gasteiger charge is -2.14. The average molecular weight is 468 g/mol. The number of aryl methyl sites for hydroxylation is 1. The molecule has 1 saturated carbocycles. The van der Waals surface area contributed by atoms with Crippen LogP contribution in [0.2, 0.25) is 0 Å². The van der Waals surface area contributed by atoms with Crippen LogP contribution >= 0.6 is 11.3 Å². The summed E-state index contributed by atoms with van der Waals surface area (Å²) in [6.07, 6.45) is 4.16. The lowest BCUT2D eigenvalue weighted by Crippen LogP contribution is -2.20. The van der Waals surface area contributed by atoms with Crippen molar-refractivity contribution in [2.24, 2.45) is 5.92 Å². The molecule has 0 atom stereocenters. The summed E-state index contributed by atoms with van der Waals surface area (Å²) in [5.41, 5.74) is 3.35. The number of ether oxygens (including phenoxy) is 2. The quantitative estimate of drug-likeness (QED) is 0.400. The molecule has 0 saturated heterocycles. The highest BCUT2D eigenvalue weighted by atomic mass is 32.1. The van der Waals surface area contributed by atoms with Crippen molar-refractivity contribution >= 4 is 28.1 Å². The Bertz CT molecular complexity index is 1140. The Morgan fingerprint density at radius 2 is 1.94 bits per heavy atom. The van der Waals surface area contributed by atoms with Crippen molar-refractivity contribution in [1.29, 1.82) is 0 Å². The van der Waals surface area contributed by atoms with E-state index in [0.29, 0.717) is 28.7 Å². The van der Waals surface area contributed by atoms with Gasteiger partial charge in [-0.3, -0.25) is 4.79 Å². The molecule has 1 amide bonds. The molecule has 0 radical (unpaired) electrons. The van der Waals surface area contributed by atoms with E-state index in [0.717, 1.165) is 47.5 Å². The van der Waals surface area contributed by atoms with Gasteiger partial charge in [0.05, 0.1) is 30.5 Å². The Kier molecular flexibility index (Phi) is 7.03. The van der Waals surface area contributed by atoms with Crippen molar-refractivity contribution in [3.8, 4) is 27.7 Å². The molecule has 0 aliphatic heterocycles. The largest absolute Gasteiger partial charge is 0.508 e. The zero-order chi connectivity index (χ0) is 23.4. The Labute approximate surface area is 197 Å². The number of phenols is 1. The highest BCUT2D eigenvalue weighted by molar-refractivity contribution is 7.19. The topological polar surface area (TPSA) is 92.7 Å². The van der Waals surface area contributed by atoms with E-state index in [1.54, 1.807) is 32.4 Å². The third kappa shape index (κ3) is 5.22. The highest BCUT2D eigenvalue weighted by Gasteiger charge is 2.24. The number of hydrogen-bond acceptors (Lipinski definition) is 7. The van der Waals surface area contributed by atoms with E-state index in [1.165, 1.54) is 11.3 Å². The zero-order valence-electron chi connectivity index (χ0n) is 19.1. The maximum Gasteiger partial charge on any atom is 0.229 e. The molecule has 2 aromatic carbocycles. The maximum absolute atomic E-state index is 12.5. The molecule has 33 heavy (non-hydrogen) atoms. The fourth-order valence-corrected chi connectivity index (χ4v) is 5.09. The number of methoxy groups -OCH3 is 2. The number of rotatable bonds is 8. The predicted molar refractivity (Wildman–Crippen MR) is 131 cm³/mol. The molecule has 1 aliphatic carbocycles. The van der Waals surface area contributed by atoms with Crippen LogP contribution in [-0.2, 0) is 11.3 Å². The van der Waals surface area contributed by atoms with Crippen molar-refractivity contribution in [2.75, 3.05) is 24.9 Å². The predicted octanol–water partition coefficient (Wildman–Crippen LogP) is 5.58. The average Bonchev–Trinajstić information content (AvgIpc) is 3.48. The third-order valence-electron chi connectivity index (χ3n) is 5.97. The summed E-state index contributed by atoms with van der Waals surface area (Å²) in [7, 11) is 3.22. The van der Waals surface area contributed by atoms with Crippen LogP contribution in [0.4, 0.5) is 10.8 Å². The molecular formula is C25H29N3O4S. The number of carbonyl (C=O) groups excluding carboxylic acids is 1. The summed E-state index contributed by atoms with van der Waals surface area (Å²) in [6, 6.07) is 11.0. The lowest BCUT2D eigenvalue weighted by molar-refractivity contribution is -0.119. The zero-order valence-corrected chi connectivity index (χ0v) is 19.9. The van der Waals surface area contributed by atoms with E-state index in [2.05, 4.69) is 15.6 Å². The fourth-order valence-electron chi connectivity index (χ4n) is 4.12. The lowest BCUT2D eigenvalue weighted by atomic mass is 10.1. The number of nitrogens with one attached hydrogen (secondary N) is 2. The molecule has 8 heteroatoms. The second-order valence-electron chi connectivity index (χ2n) is 8.17. The number of aromatic nitrogens is 1. The van der Waals surface area contributed by atoms with E-state index in [1.807, 2.05) is 25.1 Å². The number of aromatic hydroxyl groups is 1. The molecule has 0 bridgehead atoms. The van der Waals surface area contributed by atoms with Gasteiger partial charge in [0.15, 0.2) is 5.13 Å². The normalized spacial score (nSPS) is 13.7. The molecule has 1 aromatic heterocycles. The first-order valence-electron chi connectivity index (χ1n) is 11.0. The van der Waals surface area contributed by atoms with E-state index in [4.69, 9.17) is 9.47 Å². The summed E-state index contributed by atoms with van der Waals surface area (Å²) >= 11 is 1.48. The van der Waals surface area contributed by atoms with Crippen LogP contribution in [0, 0.1) is 12.8 Å². The van der Waals surface area contributed by atoms with E-state index >= 15 is 0 Å². The van der Waals surface area contributed by atoms with Gasteiger partial charge < -0.3 is 25.2 Å². The van der Waals surface area contributed by atoms with Crippen LogP contribution in [0.15, 0.2) is 36.4 Å². The Balaban J connectivity index is 1.54. The SMILES string of the molecule is COc1ccc(O)c(CNc2cc(-c3sc(NC(=O)C4CCCC4)nc3C)ccc2OC)c1. The molecule has 7 nitrogen and oxygen atoms in total. The number of phenolic OH excluding ortho intramolecular Hbond substituents is 1. The number of anilines is 2. The van der Waals surface area contributed by atoms with Gasteiger partial charge in [0.25, 0.3) is 0 Å². The van der Waals surface area contributed by atoms with Crippen molar-refractivity contribution in [2.45, 2.75) is 39.2 Å². The molecule has 1 heterocycles. The van der Waals surface area contributed by atoms with Crippen molar-refractivity contribution in [1.82, 2.24) is 4.98 Å². The minimum absolute atomic E-state index is 0.0722. The van der Waals surface area contributed by atoms with Gasteiger partial charge in [0.2, 0.25) is 5.91 Å². The summed E-state index contributed by atoms with van der Waals surface area (Å²) in [4.78, 5) is 18.1. The minimum atomic E-state index is 0.0722. The second-order valence-corrected chi connectivity index (χ2v) is 9.17. The van der Waals surface area contributed by atoms with Crippen molar-refractivity contribution in [3.05, 3.63) is 47.7 Å². The van der Waals surface area contributed by atoms with Gasteiger partial charge in [0, 0.05) is 18.0 Å². The molecule has 1 fully saturated rings. The first-order valence-corrected chi connectivity index (χ1v) is 11.9. The highest BCUT2D eigenvalue weighted by Crippen LogP contribution is 2.38. The van der Waals surface area contributed by atoms with Crippen LogP contribution in [0.5, 0.6) is 17.2 Å². The molecular weight excluding hydrogens is 438 g/mol.